The molecule has 0 bridgehead atoms. The molecule has 3 aromatic rings. The Morgan fingerprint density at radius 3 is 2.25 bits per heavy atom. The van der Waals surface area contributed by atoms with Crippen LogP contribution in [0.5, 0.6) is 11.5 Å². The van der Waals surface area contributed by atoms with E-state index >= 15 is 0 Å². The lowest BCUT2D eigenvalue weighted by atomic mass is 9.94. The first kappa shape index (κ1) is 29.7. The molecule has 6 nitrogen and oxygen atoms in total. The standard InChI is InChI=1S/C33H39BrN2O4/c1-39-29-18-20-30(21-19-29)40-22-8-13-32(37)36(24-26-14-16-27(34)17-15-26)31(23-25-9-4-2-5-10-25)33(38)35-28-11-6-3-7-12-28/h2,4-5,9-10,14-21,28,31H,3,6-8,11-13,22-24H2,1H3,(H,35,38). The van der Waals surface area contributed by atoms with Crippen LogP contribution in [0.3, 0.4) is 0 Å². The maximum absolute atomic E-state index is 13.8. The lowest BCUT2D eigenvalue weighted by molar-refractivity contribution is -0.141. The molecule has 1 atom stereocenters. The monoisotopic (exact) mass is 606 g/mol. The predicted molar refractivity (Wildman–Crippen MR) is 161 cm³/mol. The van der Waals surface area contributed by atoms with Crippen molar-refractivity contribution in [1.82, 2.24) is 10.2 Å². The molecule has 0 aliphatic heterocycles. The summed E-state index contributed by atoms with van der Waals surface area (Å²) < 4.78 is 12.0. The second kappa shape index (κ2) is 15.5. The third-order valence-electron chi connectivity index (χ3n) is 7.35. The molecule has 0 aromatic heterocycles. The van der Waals surface area contributed by atoms with E-state index in [4.69, 9.17) is 9.47 Å². The first-order chi connectivity index (χ1) is 19.5. The van der Waals surface area contributed by atoms with Gasteiger partial charge in [-0.1, -0.05) is 77.7 Å². The molecule has 3 aromatic carbocycles. The van der Waals surface area contributed by atoms with Crippen LogP contribution in [-0.2, 0) is 22.6 Å². The van der Waals surface area contributed by atoms with Crippen LogP contribution in [0, 0.1) is 0 Å². The highest BCUT2D eigenvalue weighted by molar-refractivity contribution is 9.10. The highest BCUT2D eigenvalue weighted by Gasteiger charge is 2.31. The molecule has 0 saturated heterocycles. The summed E-state index contributed by atoms with van der Waals surface area (Å²) in [6.07, 6.45) is 6.75. The molecule has 40 heavy (non-hydrogen) atoms. The van der Waals surface area contributed by atoms with Crippen LogP contribution >= 0.6 is 15.9 Å². The Morgan fingerprint density at radius 1 is 0.900 bits per heavy atom. The molecule has 2 amide bonds. The number of hydrogen-bond donors (Lipinski definition) is 1. The molecule has 4 rings (SSSR count). The van der Waals surface area contributed by atoms with E-state index in [9.17, 15) is 9.59 Å². The summed E-state index contributed by atoms with van der Waals surface area (Å²) in [4.78, 5) is 29.4. The number of nitrogens with zero attached hydrogens (tertiary/aromatic N) is 1. The lowest BCUT2D eigenvalue weighted by Crippen LogP contribution is -2.52. The Morgan fingerprint density at radius 2 is 1.57 bits per heavy atom. The molecule has 1 N–H and O–H groups in total. The van der Waals surface area contributed by atoms with Gasteiger partial charge >= 0.3 is 0 Å². The predicted octanol–water partition coefficient (Wildman–Crippen LogP) is 6.71. The van der Waals surface area contributed by atoms with Gasteiger partial charge in [0, 0.05) is 29.9 Å². The van der Waals surface area contributed by atoms with Crippen molar-refractivity contribution < 1.29 is 19.1 Å². The molecule has 1 fully saturated rings. The van der Waals surface area contributed by atoms with E-state index in [0.29, 0.717) is 26.0 Å². The molecule has 7 heteroatoms. The van der Waals surface area contributed by atoms with Gasteiger partial charge in [0.05, 0.1) is 13.7 Å². The fraction of sp³-hybridized carbons (Fsp3) is 0.394. The summed E-state index contributed by atoms with van der Waals surface area (Å²) in [6, 6.07) is 24.8. The number of benzene rings is 3. The third kappa shape index (κ3) is 9.12. The van der Waals surface area contributed by atoms with Crippen molar-refractivity contribution in [2.45, 2.75) is 70.0 Å². The Balaban J connectivity index is 1.50. The summed E-state index contributed by atoms with van der Waals surface area (Å²) in [5, 5.41) is 3.29. The van der Waals surface area contributed by atoms with Gasteiger partial charge in [0.25, 0.3) is 0 Å². The fourth-order valence-electron chi connectivity index (χ4n) is 5.11. The SMILES string of the molecule is COc1ccc(OCCCC(=O)N(Cc2ccc(Br)cc2)C(Cc2ccccc2)C(=O)NC2CCCCC2)cc1. The second-order valence-electron chi connectivity index (χ2n) is 10.3. The molecule has 0 heterocycles. The Kier molecular flexibility index (Phi) is 11.5. The molecule has 0 spiro atoms. The average molecular weight is 608 g/mol. The molecule has 1 aliphatic carbocycles. The molecular formula is C33H39BrN2O4. The summed E-state index contributed by atoms with van der Waals surface area (Å²) in [6.45, 7) is 0.767. The Labute approximate surface area is 246 Å². The van der Waals surface area contributed by atoms with E-state index in [1.165, 1.54) is 6.42 Å². The van der Waals surface area contributed by atoms with Gasteiger partial charge in [-0.05, 0) is 66.8 Å². The highest BCUT2D eigenvalue weighted by Crippen LogP contribution is 2.22. The van der Waals surface area contributed by atoms with Gasteiger partial charge in [0.2, 0.25) is 11.8 Å². The van der Waals surface area contributed by atoms with Crippen molar-refractivity contribution in [3.63, 3.8) is 0 Å². The topological polar surface area (TPSA) is 67.9 Å². The van der Waals surface area contributed by atoms with Gasteiger partial charge < -0.3 is 19.7 Å². The molecule has 1 saturated carbocycles. The van der Waals surface area contributed by atoms with Gasteiger partial charge in [-0.25, -0.2) is 0 Å². The zero-order valence-electron chi connectivity index (χ0n) is 23.2. The van der Waals surface area contributed by atoms with Crippen molar-refractivity contribution in [1.29, 1.82) is 0 Å². The third-order valence-corrected chi connectivity index (χ3v) is 7.88. The van der Waals surface area contributed by atoms with Crippen LogP contribution in [0.25, 0.3) is 0 Å². The Hall–Kier alpha value is -3.32. The van der Waals surface area contributed by atoms with Crippen LogP contribution in [0.1, 0.15) is 56.1 Å². The van der Waals surface area contributed by atoms with Crippen LogP contribution in [0.15, 0.2) is 83.3 Å². The molecule has 0 radical (unpaired) electrons. The zero-order valence-corrected chi connectivity index (χ0v) is 24.8. The van der Waals surface area contributed by atoms with E-state index in [-0.39, 0.29) is 24.3 Å². The van der Waals surface area contributed by atoms with Crippen LogP contribution in [-0.4, -0.2) is 42.5 Å². The maximum atomic E-state index is 13.8. The van der Waals surface area contributed by atoms with Crippen LogP contribution in [0.2, 0.25) is 0 Å². The smallest absolute Gasteiger partial charge is 0.243 e. The minimum absolute atomic E-state index is 0.0547. The number of nitrogens with one attached hydrogen (secondary N) is 1. The Bertz CT molecular complexity index is 1200. The fourth-order valence-corrected chi connectivity index (χ4v) is 5.38. The number of rotatable bonds is 13. The summed E-state index contributed by atoms with van der Waals surface area (Å²) in [5.74, 6) is 1.37. The van der Waals surface area contributed by atoms with Crippen molar-refractivity contribution in [3.8, 4) is 11.5 Å². The minimum atomic E-state index is -0.608. The van der Waals surface area contributed by atoms with Crippen molar-refractivity contribution in [2.24, 2.45) is 0 Å². The first-order valence-corrected chi connectivity index (χ1v) is 15.0. The number of methoxy groups -OCH3 is 1. The van der Waals surface area contributed by atoms with E-state index in [2.05, 4.69) is 21.2 Å². The molecular weight excluding hydrogens is 568 g/mol. The summed E-state index contributed by atoms with van der Waals surface area (Å²) in [5.41, 5.74) is 2.01. The molecule has 1 unspecified atom stereocenters. The number of amides is 2. The maximum Gasteiger partial charge on any atom is 0.243 e. The van der Waals surface area contributed by atoms with E-state index in [1.807, 2.05) is 78.9 Å². The lowest BCUT2D eigenvalue weighted by Gasteiger charge is -2.33. The van der Waals surface area contributed by atoms with E-state index in [0.717, 1.165) is 52.8 Å². The largest absolute Gasteiger partial charge is 0.497 e. The number of halogens is 1. The van der Waals surface area contributed by atoms with Crippen LogP contribution < -0.4 is 14.8 Å². The van der Waals surface area contributed by atoms with Crippen LogP contribution in [0.4, 0.5) is 0 Å². The van der Waals surface area contributed by atoms with Crippen molar-refractivity contribution in [3.05, 3.63) is 94.5 Å². The minimum Gasteiger partial charge on any atom is -0.497 e. The van der Waals surface area contributed by atoms with E-state index in [1.54, 1.807) is 12.0 Å². The normalized spacial score (nSPS) is 14.2. The first-order valence-electron chi connectivity index (χ1n) is 14.2. The van der Waals surface area contributed by atoms with E-state index < -0.39 is 6.04 Å². The van der Waals surface area contributed by atoms with Crippen molar-refractivity contribution >= 4 is 27.7 Å². The van der Waals surface area contributed by atoms with Gasteiger partial charge in [0.1, 0.15) is 17.5 Å². The molecule has 1 aliphatic rings. The quantitative estimate of drug-likeness (QED) is 0.220. The summed E-state index contributed by atoms with van der Waals surface area (Å²) in [7, 11) is 1.63. The average Bonchev–Trinajstić information content (AvgIpc) is 2.99. The number of carbonyl (C=O) groups is 2. The number of carbonyl (C=O) groups excluding carboxylic acids is 2. The van der Waals surface area contributed by atoms with Crippen molar-refractivity contribution in [2.75, 3.05) is 13.7 Å². The van der Waals surface area contributed by atoms with Gasteiger partial charge in [-0.15, -0.1) is 0 Å². The van der Waals surface area contributed by atoms with Gasteiger partial charge in [-0.3, -0.25) is 9.59 Å². The van der Waals surface area contributed by atoms with Gasteiger partial charge in [-0.2, -0.15) is 0 Å². The highest BCUT2D eigenvalue weighted by atomic mass is 79.9. The second-order valence-corrected chi connectivity index (χ2v) is 11.2. The molecule has 212 valence electrons. The number of ether oxygens (including phenoxy) is 2. The van der Waals surface area contributed by atoms with Gasteiger partial charge in [0.15, 0.2) is 0 Å². The summed E-state index contributed by atoms with van der Waals surface area (Å²) >= 11 is 3.50. The number of hydrogen-bond acceptors (Lipinski definition) is 4. The zero-order chi connectivity index (χ0) is 28.2.